The van der Waals surface area contributed by atoms with Crippen LogP contribution >= 0.6 is 7.60 Å². The average molecular weight is 628 g/mol. The van der Waals surface area contributed by atoms with Gasteiger partial charge in [0.1, 0.15) is 30.2 Å². The molecular formula is C27H50N5O6PSi2. The number of imidazole rings is 1. The fraction of sp³-hybridized carbons (Fsp3) is 0.741. The van der Waals surface area contributed by atoms with Crippen molar-refractivity contribution in [1.82, 2.24) is 19.5 Å². The number of nitrogens with two attached hydrogens (primary N) is 1. The second kappa shape index (κ2) is 12.3. The Balaban J connectivity index is 2.20. The van der Waals surface area contributed by atoms with Gasteiger partial charge in [0.05, 0.1) is 19.5 Å². The van der Waals surface area contributed by atoms with Gasteiger partial charge in [0.15, 0.2) is 34.3 Å². The molecule has 4 atom stereocenters. The molecule has 41 heavy (non-hydrogen) atoms. The molecule has 14 heteroatoms. The predicted octanol–water partition coefficient (Wildman–Crippen LogP) is 6.87. The van der Waals surface area contributed by atoms with Crippen molar-refractivity contribution >= 4 is 41.2 Å². The fourth-order valence-corrected chi connectivity index (χ4v) is 8.00. The van der Waals surface area contributed by atoms with Crippen LogP contribution in [0.3, 0.4) is 0 Å². The van der Waals surface area contributed by atoms with E-state index >= 15 is 0 Å². The zero-order valence-corrected chi connectivity index (χ0v) is 29.7. The SMILES string of the molecule is CCOP(=O)(/C=C/[C@H]1O[C@@H](n2cnc3c(N)ncnc32)C(O[Si](C)(C)C(C)(C)C)C1O[Si](C)(C)C(C)(C)C)OCC. The van der Waals surface area contributed by atoms with Gasteiger partial charge in [0.25, 0.3) is 0 Å². The van der Waals surface area contributed by atoms with Crippen LogP contribution in [0, 0.1) is 0 Å². The molecule has 2 N–H and O–H groups in total. The van der Waals surface area contributed by atoms with E-state index < -0.39 is 48.8 Å². The largest absolute Gasteiger partial charge is 0.408 e. The molecular weight excluding hydrogens is 577 g/mol. The number of ether oxygens (including phenoxy) is 1. The summed E-state index contributed by atoms with van der Waals surface area (Å²) in [6.45, 7) is 26.1. The van der Waals surface area contributed by atoms with Gasteiger partial charge in [0.2, 0.25) is 0 Å². The minimum atomic E-state index is -3.49. The van der Waals surface area contributed by atoms with E-state index in [0.29, 0.717) is 11.2 Å². The maximum Gasteiger partial charge on any atom is 0.353 e. The van der Waals surface area contributed by atoms with Crippen LogP contribution in [-0.2, 0) is 27.2 Å². The number of fused-ring (bicyclic) bond motifs is 1. The van der Waals surface area contributed by atoms with Crippen LogP contribution in [0.1, 0.15) is 61.6 Å². The Hall–Kier alpha value is -1.45. The average Bonchev–Trinajstić information content (AvgIpc) is 3.39. The maximum atomic E-state index is 13.4. The topological polar surface area (TPSA) is 133 Å². The summed E-state index contributed by atoms with van der Waals surface area (Å²) in [5, 5.41) is -0.146. The third-order valence-corrected chi connectivity index (χ3v) is 19.2. The van der Waals surface area contributed by atoms with E-state index in [1.165, 1.54) is 12.1 Å². The first-order chi connectivity index (χ1) is 18.8. The molecule has 0 amide bonds. The van der Waals surface area contributed by atoms with Crippen molar-refractivity contribution in [1.29, 1.82) is 0 Å². The zero-order chi connectivity index (χ0) is 31.0. The zero-order valence-electron chi connectivity index (χ0n) is 26.8. The number of nitrogen functional groups attached to an aromatic ring is 1. The molecule has 0 saturated carbocycles. The van der Waals surface area contributed by atoms with Gasteiger partial charge in [-0.05, 0) is 56.2 Å². The fourth-order valence-electron chi connectivity index (χ4n) is 4.07. The summed E-state index contributed by atoms with van der Waals surface area (Å²) < 4.78 is 47.3. The Kier molecular flexibility index (Phi) is 10.2. The molecule has 1 aliphatic rings. The second-order valence-electron chi connectivity index (χ2n) is 13.5. The molecule has 2 aromatic rings. The number of rotatable bonds is 11. The molecule has 0 radical (unpaired) electrons. The number of anilines is 1. The van der Waals surface area contributed by atoms with Crippen molar-refractivity contribution in [3.05, 3.63) is 24.5 Å². The van der Waals surface area contributed by atoms with Crippen LogP contribution in [-0.4, -0.2) is 67.7 Å². The van der Waals surface area contributed by atoms with Gasteiger partial charge in [-0.2, -0.15) is 0 Å². The molecule has 11 nitrogen and oxygen atoms in total. The molecule has 0 aromatic carbocycles. The van der Waals surface area contributed by atoms with Crippen molar-refractivity contribution < 1.29 is 27.2 Å². The van der Waals surface area contributed by atoms with E-state index in [1.54, 1.807) is 26.3 Å². The molecule has 3 rings (SSSR count). The van der Waals surface area contributed by atoms with E-state index in [2.05, 4.69) is 82.7 Å². The van der Waals surface area contributed by atoms with Gasteiger partial charge < -0.3 is 28.4 Å². The first-order valence-electron chi connectivity index (χ1n) is 14.3. The molecule has 3 heterocycles. The highest BCUT2D eigenvalue weighted by molar-refractivity contribution is 7.57. The highest BCUT2D eigenvalue weighted by Gasteiger charge is 2.54. The quantitative estimate of drug-likeness (QED) is 0.208. The van der Waals surface area contributed by atoms with Gasteiger partial charge in [-0.15, -0.1) is 0 Å². The molecule has 1 saturated heterocycles. The van der Waals surface area contributed by atoms with E-state index in [-0.39, 0.29) is 29.1 Å². The normalized spacial score (nSPS) is 23.2. The summed E-state index contributed by atoms with van der Waals surface area (Å²) in [6.07, 6.45) is 2.51. The molecule has 0 aliphatic carbocycles. The van der Waals surface area contributed by atoms with Gasteiger partial charge >= 0.3 is 7.60 Å². The molecule has 2 unspecified atom stereocenters. The third-order valence-electron chi connectivity index (χ3n) is 8.44. The van der Waals surface area contributed by atoms with Crippen LogP contribution in [0.25, 0.3) is 11.2 Å². The van der Waals surface area contributed by atoms with E-state index in [1.807, 2.05) is 4.57 Å². The maximum absolute atomic E-state index is 13.4. The molecule has 0 spiro atoms. The predicted molar refractivity (Wildman–Crippen MR) is 168 cm³/mol. The van der Waals surface area contributed by atoms with Gasteiger partial charge in [-0.3, -0.25) is 9.13 Å². The first-order valence-corrected chi connectivity index (χ1v) is 21.7. The summed E-state index contributed by atoms with van der Waals surface area (Å²) in [6, 6.07) is 0. The van der Waals surface area contributed by atoms with Crippen LogP contribution in [0.5, 0.6) is 0 Å². The summed E-state index contributed by atoms with van der Waals surface area (Å²) in [5.74, 6) is 1.78. The minimum Gasteiger partial charge on any atom is -0.408 e. The Morgan fingerprint density at radius 1 is 0.951 bits per heavy atom. The van der Waals surface area contributed by atoms with Gasteiger partial charge in [-0.1, -0.05) is 41.5 Å². The van der Waals surface area contributed by atoms with Crippen LogP contribution in [0.2, 0.25) is 36.3 Å². The smallest absolute Gasteiger partial charge is 0.353 e. The minimum absolute atomic E-state index is 0.0732. The summed E-state index contributed by atoms with van der Waals surface area (Å²) in [5.41, 5.74) is 7.14. The van der Waals surface area contributed by atoms with Crippen molar-refractivity contribution in [3.8, 4) is 0 Å². The lowest BCUT2D eigenvalue weighted by molar-refractivity contribution is -0.0192. The first kappa shape index (κ1) is 34.0. The second-order valence-corrected chi connectivity index (χ2v) is 24.9. The highest BCUT2D eigenvalue weighted by Crippen LogP contribution is 2.51. The van der Waals surface area contributed by atoms with Crippen molar-refractivity contribution in [2.45, 2.75) is 116 Å². The number of aromatic nitrogens is 4. The van der Waals surface area contributed by atoms with Gasteiger partial charge in [-0.25, -0.2) is 15.0 Å². The van der Waals surface area contributed by atoms with Crippen molar-refractivity contribution in [2.75, 3.05) is 18.9 Å². The Morgan fingerprint density at radius 2 is 1.49 bits per heavy atom. The van der Waals surface area contributed by atoms with Crippen molar-refractivity contribution in [3.63, 3.8) is 0 Å². The van der Waals surface area contributed by atoms with E-state index in [9.17, 15) is 4.57 Å². The number of hydrogen-bond acceptors (Lipinski definition) is 10. The van der Waals surface area contributed by atoms with Crippen LogP contribution in [0.15, 0.2) is 24.5 Å². The molecule has 1 aliphatic heterocycles. The molecule has 0 bridgehead atoms. The van der Waals surface area contributed by atoms with Gasteiger partial charge in [0, 0.05) is 5.82 Å². The highest BCUT2D eigenvalue weighted by atomic mass is 31.2. The lowest BCUT2D eigenvalue weighted by Gasteiger charge is -2.44. The monoisotopic (exact) mass is 627 g/mol. The van der Waals surface area contributed by atoms with Crippen LogP contribution < -0.4 is 5.73 Å². The number of nitrogens with zero attached hydrogens (tertiary/aromatic N) is 4. The third kappa shape index (κ3) is 7.38. The standard InChI is InChI=1S/C27H50N5O6PSi2/c1-13-34-39(33,35-14-2)16-15-19-21(37-40(9,10)26(3,4)5)22(38-41(11,12)27(6,7)8)25(36-19)32-18-31-20-23(28)29-17-30-24(20)32/h15-19,21-22,25H,13-14H2,1-12H3,(H2,28,29,30)/b16-15+/t19-,21?,22?,25-/m1/s1. The summed E-state index contributed by atoms with van der Waals surface area (Å²) in [7, 11) is -8.17. The van der Waals surface area contributed by atoms with Crippen LogP contribution in [0.4, 0.5) is 5.82 Å². The van der Waals surface area contributed by atoms with Crippen molar-refractivity contribution in [2.24, 2.45) is 0 Å². The summed E-state index contributed by atoms with van der Waals surface area (Å²) >= 11 is 0. The molecule has 2 aromatic heterocycles. The Labute approximate surface area is 247 Å². The number of hydrogen-bond donors (Lipinski definition) is 1. The van der Waals surface area contributed by atoms with E-state index in [0.717, 1.165) is 0 Å². The Bertz CT molecular complexity index is 1260. The molecule has 1 fully saturated rings. The molecule has 232 valence electrons. The lowest BCUT2D eigenvalue weighted by atomic mass is 10.1. The summed E-state index contributed by atoms with van der Waals surface area (Å²) in [4.78, 5) is 13.1. The Morgan fingerprint density at radius 3 is 2.00 bits per heavy atom. The van der Waals surface area contributed by atoms with E-state index in [4.69, 9.17) is 28.4 Å². The lowest BCUT2D eigenvalue weighted by Crippen LogP contribution is -2.53.